The van der Waals surface area contributed by atoms with E-state index < -0.39 is 0 Å². The van der Waals surface area contributed by atoms with E-state index in [-0.39, 0.29) is 12.1 Å². The molecule has 2 amide bonds. The van der Waals surface area contributed by atoms with Crippen molar-refractivity contribution in [2.24, 2.45) is 0 Å². The van der Waals surface area contributed by atoms with Crippen molar-refractivity contribution in [3.63, 3.8) is 0 Å². The lowest BCUT2D eigenvalue weighted by atomic mass is 10.1. The normalized spacial score (nSPS) is 11.8. The maximum absolute atomic E-state index is 12.4. The Morgan fingerprint density at radius 3 is 2.65 bits per heavy atom. The smallest absolute Gasteiger partial charge is 0.317 e. The number of nitrogens with zero attached hydrogens (tertiary/aromatic N) is 3. The van der Waals surface area contributed by atoms with E-state index in [0.29, 0.717) is 13.1 Å². The molecule has 2 rings (SSSR count). The summed E-state index contributed by atoms with van der Waals surface area (Å²) >= 11 is 0. The van der Waals surface area contributed by atoms with Gasteiger partial charge in [0, 0.05) is 49.3 Å². The molecule has 0 aliphatic rings. The Morgan fingerprint density at radius 1 is 1.26 bits per heavy atom. The number of aryl methyl sites for hydroxylation is 1. The van der Waals surface area contributed by atoms with Gasteiger partial charge in [0.25, 0.3) is 0 Å². The number of carbonyl (C=O) groups is 1. The highest BCUT2D eigenvalue weighted by Crippen LogP contribution is 2.06. The van der Waals surface area contributed by atoms with Gasteiger partial charge in [-0.1, -0.05) is 6.07 Å². The lowest BCUT2D eigenvalue weighted by Gasteiger charge is -2.24. The molecule has 0 saturated heterocycles. The summed E-state index contributed by atoms with van der Waals surface area (Å²) in [6.07, 6.45) is 4.21. The first-order valence-electron chi connectivity index (χ1n) is 7.95. The number of carbonyl (C=O) groups excluding carboxylic acids is 1. The monoisotopic (exact) mass is 312 g/mol. The predicted octanol–water partition coefficient (Wildman–Crippen LogP) is 2.95. The molecule has 2 aromatic heterocycles. The molecule has 1 unspecified atom stereocenters. The van der Waals surface area contributed by atoms with Gasteiger partial charge in [-0.15, -0.1) is 0 Å². The van der Waals surface area contributed by atoms with Crippen LogP contribution in [0.3, 0.4) is 0 Å². The van der Waals surface area contributed by atoms with E-state index in [1.165, 1.54) is 0 Å². The molecule has 0 aliphatic carbocycles. The molecule has 5 heteroatoms. The van der Waals surface area contributed by atoms with Gasteiger partial charge in [0.2, 0.25) is 0 Å². The number of nitrogens with one attached hydrogen (secondary N) is 1. The fourth-order valence-electron chi connectivity index (χ4n) is 2.42. The zero-order valence-electron chi connectivity index (χ0n) is 14.0. The molecule has 0 aromatic carbocycles. The van der Waals surface area contributed by atoms with Crippen LogP contribution in [0.4, 0.5) is 4.79 Å². The lowest BCUT2D eigenvalue weighted by molar-refractivity contribution is 0.194. The molecule has 5 nitrogen and oxygen atoms in total. The van der Waals surface area contributed by atoms with Crippen LogP contribution < -0.4 is 5.32 Å². The summed E-state index contributed by atoms with van der Waals surface area (Å²) in [5.74, 6) is 0. The fraction of sp³-hybridized carbons (Fsp3) is 0.389. The van der Waals surface area contributed by atoms with E-state index in [2.05, 4.69) is 15.3 Å². The van der Waals surface area contributed by atoms with E-state index in [9.17, 15) is 4.79 Å². The molecule has 0 fully saturated rings. The average Bonchev–Trinajstić information content (AvgIpc) is 2.53. The molecule has 0 bridgehead atoms. The number of urea groups is 1. The van der Waals surface area contributed by atoms with E-state index in [1.807, 2.05) is 51.1 Å². The average molecular weight is 312 g/mol. The minimum Gasteiger partial charge on any atom is -0.335 e. The van der Waals surface area contributed by atoms with Crippen LogP contribution in [0, 0.1) is 6.92 Å². The van der Waals surface area contributed by atoms with Crippen LogP contribution in [-0.4, -0.2) is 33.5 Å². The van der Waals surface area contributed by atoms with E-state index in [1.54, 1.807) is 17.3 Å². The van der Waals surface area contributed by atoms with Gasteiger partial charge in [-0.05, 0) is 50.6 Å². The second-order valence-corrected chi connectivity index (χ2v) is 5.69. The van der Waals surface area contributed by atoms with Crippen molar-refractivity contribution >= 4 is 6.03 Å². The number of aromatic nitrogens is 2. The van der Waals surface area contributed by atoms with Crippen LogP contribution in [0.1, 0.15) is 30.8 Å². The summed E-state index contributed by atoms with van der Waals surface area (Å²) in [6.45, 7) is 7.19. The summed E-state index contributed by atoms with van der Waals surface area (Å²) in [5, 5.41) is 3.05. The standard InChI is InChI=1S/C18H24N4O/c1-4-22(13-16-8-10-19-11-9-16)18(23)21-15(3)12-17-7-5-6-14(2)20-17/h5-11,15H,4,12-13H2,1-3H3,(H,21,23). The molecule has 0 spiro atoms. The third-order valence-corrected chi connectivity index (χ3v) is 3.62. The van der Waals surface area contributed by atoms with Crippen LogP contribution >= 0.6 is 0 Å². The Balaban J connectivity index is 1.90. The van der Waals surface area contributed by atoms with Gasteiger partial charge in [0.05, 0.1) is 0 Å². The highest BCUT2D eigenvalue weighted by atomic mass is 16.2. The molecule has 0 saturated carbocycles. The maximum atomic E-state index is 12.4. The SMILES string of the molecule is CCN(Cc1ccncc1)C(=O)NC(C)Cc1cccc(C)n1. The van der Waals surface area contributed by atoms with Crippen molar-refractivity contribution in [3.8, 4) is 0 Å². The highest BCUT2D eigenvalue weighted by molar-refractivity contribution is 5.74. The first-order chi connectivity index (χ1) is 11.1. The second kappa shape index (κ2) is 8.27. The minimum absolute atomic E-state index is 0.0308. The van der Waals surface area contributed by atoms with E-state index >= 15 is 0 Å². The molecular weight excluding hydrogens is 288 g/mol. The van der Waals surface area contributed by atoms with Crippen molar-refractivity contribution in [2.45, 2.75) is 39.8 Å². The van der Waals surface area contributed by atoms with Crippen LogP contribution in [0.15, 0.2) is 42.7 Å². The van der Waals surface area contributed by atoms with Crippen molar-refractivity contribution in [2.75, 3.05) is 6.54 Å². The van der Waals surface area contributed by atoms with E-state index in [0.717, 1.165) is 23.4 Å². The molecule has 2 aromatic rings. The summed E-state index contributed by atoms with van der Waals surface area (Å²) < 4.78 is 0. The maximum Gasteiger partial charge on any atom is 0.317 e. The molecule has 1 N–H and O–H groups in total. The first kappa shape index (κ1) is 16.9. The van der Waals surface area contributed by atoms with Crippen LogP contribution in [0.25, 0.3) is 0 Å². The van der Waals surface area contributed by atoms with Gasteiger partial charge >= 0.3 is 6.03 Å². The quantitative estimate of drug-likeness (QED) is 0.892. The minimum atomic E-state index is -0.0514. The fourth-order valence-corrected chi connectivity index (χ4v) is 2.42. The van der Waals surface area contributed by atoms with Gasteiger partial charge in [0.1, 0.15) is 0 Å². The largest absolute Gasteiger partial charge is 0.335 e. The van der Waals surface area contributed by atoms with Gasteiger partial charge in [-0.2, -0.15) is 0 Å². The van der Waals surface area contributed by atoms with E-state index in [4.69, 9.17) is 0 Å². The summed E-state index contributed by atoms with van der Waals surface area (Å²) in [5.41, 5.74) is 3.06. The number of amides is 2. The number of hydrogen-bond acceptors (Lipinski definition) is 3. The van der Waals surface area contributed by atoms with Gasteiger partial charge < -0.3 is 10.2 Å². The number of hydrogen-bond donors (Lipinski definition) is 1. The van der Waals surface area contributed by atoms with Gasteiger partial charge in [-0.25, -0.2) is 4.79 Å². The molecule has 23 heavy (non-hydrogen) atoms. The number of pyridine rings is 2. The first-order valence-corrected chi connectivity index (χ1v) is 7.95. The zero-order valence-corrected chi connectivity index (χ0v) is 14.0. The third-order valence-electron chi connectivity index (χ3n) is 3.62. The van der Waals surface area contributed by atoms with Crippen molar-refractivity contribution in [1.82, 2.24) is 20.2 Å². The Morgan fingerprint density at radius 2 is 2.00 bits per heavy atom. The zero-order chi connectivity index (χ0) is 16.7. The summed E-state index contributed by atoms with van der Waals surface area (Å²) in [7, 11) is 0. The van der Waals surface area contributed by atoms with Crippen LogP contribution in [-0.2, 0) is 13.0 Å². The second-order valence-electron chi connectivity index (χ2n) is 5.69. The topological polar surface area (TPSA) is 58.1 Å². The van der Waals surface area contributed by atoms with Crippen molar-refractivity contribution in [3.05, 3.63) is 59.7 Å². The molecule has 0 radical (unpaired) electrons. The van der Waals surface area contributed by atoms with Crippen molar-refractivity contribution in [1.29, 1.82) is 0 Å². The highest BCUT2D eigenvalue weighted by Gasteiger charge is 2.15. The lowest BCUT2D eigenvalue weighted by Crippen LogP contribution is -2.44. The molecule has 2 heterocycles. The van der Waals surface area contributed by atoms with Gasteiger partial charge in [0.15, 0.2) is 0 Å². The van der Waals surface area contributed by atoms with Crippen LogP contribution in [0.2, 0.25) is 0 Å². The van der Waals surface area contributed by atoms with Gasteiger partial charge in [-0.3, -0.25) is 9.97 Å². The summed E-state index contributed by atoms with van der Waals surface area (Å²) in [4.78, 5) is 22.7. The third kappa shape index (κ3) is 5.36. The predicted molar refractivity (Wildman–Crippen MR) is 91.0 cm³/mol. The molecule has 122 valence electrons. The Bertz CT molecular complexity index is 630. The molecule has 1 atom stereocenters. The Labute approximate surface area is 137 Å². The van der Waals surface area contributed by atoms with Crippen LogP contribution in [0.5, 0.6) is 0 Å². The van der Waals surface area contributed by atoms with Crippen molar-refractivity contribution < 1.29 is 4.79 Å². The Hall–Kier alpha value is -2.43. The number of rotatable bonds is 6. The summed E-state index contributed by atoms with van der Waals surface area (Å²) in [6, 6.07) is 9.79. The molecular formula is C18H24N4O. The Kier molecular flexibility index (Phi) is 6.09. The molecule has 0 aliphatic heterocycles.